The van der Waals surface area contributed by atoms with Crippen LogP contribution in [0.4, 0.5) is 5.69 Å². The van der Waals surface area contributed by atoms with Gasteiger partial charge in [0.05, 0.1) is 0 Å². The van der Waals surface area contributed by atoms with Gasteiger partial charge in [-0.2, -0.15) is 5.10 Å². The number of amides is 2. The minimum absolute atomic E-state index is 0.148. The number of rotatable bonds is 5. The first-order chi connectivity index (χ1) is 13.2. The van der Waals surface area contributed by atoms with E-state index < -0.39 is 0 Å². The fourth-order valence-electron chi connectivity index (χ4n) is 3.30. The average molecular weight is 372 g/mol. The molecule has 0 radical (unpaired) electrons. The van der Waals surface area contributed by atoms with E-state index in [1.165, 1.54) is 44.9 Å². The van der Waals surface area contributed by atoms with Crippen LogP contribution in [-0.4, -0.2) is 17.5 Å². The van der Waals surface area contributed by atoms with Crippen LogP contribution in [0.2, 0.25) is 0 Å². The molecule has 5 nitrogen and oxygen atoms in total. The van der Waals surface area contributed by atoms with Gasteiger partial charge in [-0.3, -0.25) is 9.59 Å². The minimum atomic E-state index is -0.197. The van der Waals surface area contributed by atoms with Crippen LogP contribution in [0.15, 0.2) is 35.4 Å². The van der Waals surface area contributed by atoms with E-state index in [2.05, 4.69) is 15.8 Å². The Morgan fingerprint density at radius 3 is 1.85 bits per heavy atom. The van der Waals surface area contributed by atoms with Crippen molar-refractivity contribution in [1.29, 1.82) is 0 Å². The molecule has 1 fully saturated rings. The second-order valence-electron chi connectivity index (χ2n) is 7.31. The van der Waals surface area contributed by atoms with Gasteiger partial charge in [0.1, 0.15) is 0 Å². The molecule has 148 valence electrons. The number of carbonyl (C=O) groups is 2. The number of hydrogen-bond donors (Lipinski definition) is 2. The monoisotopic (exact) mass is 371 g/mol. The Hall–Kier alpha value is -2.17. The molecule has 0 bridgehead atoms. The molecule has 1 saturated carbocycles. The van der Waals surface area contributed by atoms with Gasteiger partial charge in [0.15, 0.2) is 0 Å². The second-order valence-corrected chi connectivity index (χ2v) is 7.31. The standard InChI is InChI=1S/C22H33N3O2/c26-21(23-19-13-11-8-12-14-19)17-18-22(27)25-24-20-15-9-6-4-2-1-3-5-7-10-16-20/h8,11-14H,1-7,9-10,15-18H2,(H,23,26)(H,25,27). The number of benzene rings is 1. The van der Waals surface area contributed by atoms with Crippen molar-refractivity contribution >= 4 is 23.2 Å². The smallest absolute Gasteiger partial charge is 0.240 e. The van der Waals surface area contributed by atoms with E-state index in [0.29, 0.717) is 0 Å². The Morgan fingerprint density at radius 1 is 0.741 bits per heavy atom. The van der Waals surface area contributed by atoms with Crippen molar-refractivity contribution in [3.05, 3.63) is 30.3 Å². The molecule has 2 rings (SSSR count). The highest BCUT2D eigenvalue weighted by Crippen LogP contribution is 2.15. The molecule has 0 heterocycles. The third-order valence-electron chi connectivity index (χ3n) is 4.91. The molecular weight excluding hydrogens is 338 g/mol. The summed E-state index contributed by atoms with van der Waals surface area (Å²) in [5.41, 5.74) is 4.49. The van der Waals surface area contributed by atoms with Crippen LogP contribution in [0.5, 0.6) is 0 Å². The van der Waals surface area contributed by atoms with Gasteiger partial charge in [-0.05, 0) is 37.8 Å². The maximum atomic E-state index is 12.0. The van der Waals surface area contributed by atoms with Gasteiger partial charge in [0.2, 0.25) is 11.8 Å². The summed E-state index contributed by atoms with van der Waals surface area (Å²) in [6.07, 6.45) is 13.7. The van der Waals surface area contributed by atoms with Crippen molar-refractivity contribution in [2.75, 3.05) is 5.32 Å². The molecule has 0 saturated heterocycles. The minimum Gasteiger partial charge on any atom is -0.326 e. The summed E-state index contributed by atoms with van der Waals surface area (Å²) in [5, 5.41) is 7.15. The lowest BCUT2D eigenvalue weighted by Crippen LogP contribution is -2.22. The number of nitrogens with one attached hydrogen (secondary N) is 2. The van der Waals surface area contributed by atoms with Gasteiger partial charge in [-0.25, -0.2) is 5.43 Å². The van der Waals surface area contributed by atoms with Crippen LogP contribution in [0.25, 0.3) is 0 Å². The van der Waals surface area contributed by atoms with Crippen molar-refractivity contribution in [3.63, 3.8) is 0 Å². The highest BCUT2D eigenvalue weighted by molar-refractivity contribution is 5.93. The molecule has 1 aromatic carbocycles. The molecule has 2 N–H and O–H groups in total. The number of hydrogen-bond acceptors (Lipinski definition) is 3. The van der Waals surface area contributed by atoms with E-state index in [-0.39, 0.29) is 24.7 Å². The van der Waals surface area contributed by atoms with Gasteiger partial charge in [0, 0.05) is 24.2 Å². The first-order valence-electron chi connectivity index (χ1n) is 10.4. The number of anilines is 1. The molecule has 0 atom stereocenters. The molecule has 0 spiro atoms. The van der Waals surface area contributed by atoms with Crippen LogP contribution in [0.3, 0.4) is 0 Å². The summed E-state index contributed by atoms with van der Waals surface area (Å²) in [4.78, 5) is 23.9. The summed E-state index contributed by atoms with van der Waals surface area (Å²) >= 11 is 0. The highest BCUT2D eigenvalue weighted by Gasteiger charge is 2.08. The fourth-order valence-corrected chi connectivity index (χ4v) is 3.30. The molecule has 2 amide bonds. The molecule has 0 aromatic heterocycles. The number of para-hydroxylation sites is 1. The second kappa shape index (κ2) is 13.1. The first kappa shape index (κ1) is 21.1. The zero-order valence-corrected chi connectivity index (χ0v) is 16.3. The Labute approximate surface area is 163 Å². The van der Waals surface area contributed by atoms with Gasteiger partial charge >= 0.3 is 0 Å². The van der Waals surface area contributed by atoms with E-state index in [4.69, 9.17) is 0 Å². The van der Waals surface area contributed by atoms with Gasteiger partial charge < -0.3 is 5.32 Å². The van der Waals surface area contributed by atoms with E-state index in [0.717, 1.165) is 37.1 Å². The summed E-state index contributed by atoms with van der Waals surface area (Å²) in [6, 6.07) is 9.27. The van der Waals surface area contributed by atoms with E-state index in [9.17, 15) is 9.59 Å². The number of hydrazone groups is 1. The third-order valence-corrected chi connectivity index (χ3v) is 4.91. The van der Waals surface area contributed by atoms with Gasteiger partial charge in [-0.15, -0.1) is 0 Å². The van der Waals surface area contributed by atoms with Gasteiger partial charge in [0.25, 0.3) is 0 Å². The molecular formula is C22H33N3O2. The summed E-state index contributed by atoms with van der Waals surface area (Å²) in [6.45, 7) is 0. The first-order valence-corrected chi connectivity index (χ1v) is 10.4. The van der Waals surface area contributed by atoms with Crippen LogP contribution >= 0.6 is 0 Å². The molecule has 1 aliphatic carbocycles. The Morgan fingerprint density at radius 2 is 1.26 bits per heavy atom. The third kappa shape index (κ3) is 9.92. The highest BCUT2D eigenvalue weighted by atomic mass is 16.2. The quantitative estimate of drug-likeness (QED) is 0.700. The molecule has 27 heavy (non-hydrogen) atoms. The molecule has 1 aliphatic rings. The SMILES string of the molecule is O=C(CCC(=O)Nc1ccccc1)NN=C1CCCCCCCCCCC1. The van der Waals surface area contributed by atoms with Crippen LogP contribution in [-0.2, 0) is 9.59 Å². The lowest BCUT2D eigenvalue weighted by Gasteiger charge is -2.10. The van der Waals surface area contributed by atoms with Crippen molar-refractivity contribution in [2.24, 2.45) is 5.10 Å². The normalized spacial score (nSPS) is 16.5. The molecule has 0 unspecified atom stereocenters. The van der Waals surface area contributed by atoms with E-state index >= 15 is 0 Å². The van der Waals surface area contributed by atoms with Crippen molar-refractivity contribution in [1.82, 2.24) is 5.43 Å². The van der Waals surface area contributed by atoms with Crippen molar-refractivity contribution < 1.29 is 9.59 Å². The van der Waals surface area contributed by atoms with E-state index in [1.807, 2.05) is 30.3 Å². The predicted octanol–water partition coefficient (Wildman–Crippen LogP) is 5.18. The maximum absolute atomic E-state index is 12.0. The van der Waals surface area contributed by atoms with Crippen LogP contribution < -0.4 is 10.7 Å². The Kier molecular flexibility index (Phi) is 10.2. The average Bonchev–Trinajstić information content (AvgIpc) is 2.67. The summed E-state index contributed by atoms with van der Waals surface area (Å²) in [7, 11) is 0. The van der Waals surface area contributed by atoms with Gasteiger partial charge in [-0.1, -0.05) is 63.1 Å². The van der Waals surface area contributed by atoms with E-state index in [1.54, 1.807) is 0 Å². The Bertz CT molecular complexity index is 585. The van der Waals surface area contributed by atoms with Crippen molar-refractivity contribution in [3.8, 4) is 0 Å². The van der Waals surface area contributed by atoms with Crippen LogP contribution in [0.1, 0.15) is 83.5 Å². The predicted molar refractivity (Wildman–Crippen MR) is 111 cm³/mol. The number of carbonyl (C=O) groups excluding carboxylic acids is 2. The lowest BCUT2D eigenvalue weighted by molar-refractivity contribution is -0.124. The van der Waals surface area contributed by atoms with Crippen molar-refractivity contribution in [2.45, 2.75) is 83.5 Å². The zero-order chi connectivity index (χ0) is 19.2. The topological polar surface area (TPSA) is 70.6 Å². The molecule has 5 heteroatoms. The molecule has 0 aliphatic heterocycles. The van der Waals surface area contributed by atoms with Crippen LogP contribution in [0, 0.1) is 0 Å². The fraction of sp³-hybridized carbons (Fsp3) is 0.591. The Balaban J connectivity index is 1.71. The number of nitrogens with zero attached hydrogens (tertiary/aromatic N) is 1. The lowest BCUT2D eigenvalue weighted by atomic mass is 10.00. The zero-order valence-electron chi connectivity index (χ0n) is 16.3. The molecule has 1 aromatic rings. The largest absolute Gasteiger partial charge is 0.326 e. The maximum Gasteiger partial charge on any atom is 0.240 e. The summed E-state index contributed by atoms with van der Waals surface area (Å²) in [5.74, 6) is -0.355. The summed E-state index contributed by atoms with van der Waals surface area (Å²) < 4.78 is 0.